The predicted octanol–water partition coefficient (Wildman–Crippen LogP) is 2.64. The summed E-state index contributed by atoms with van der Waals surface area (Å²) in [6.07, 6.45) is -0.257. The molecule has 1 atom stereocenters. The first-order valence-electron chi connectivity index (χ1n) is 6.29. The highest BCUT2D eigenvalue weighted by Gasteiger charge is 2.40. The Bertz CT molecular complexity index is 572. The van der Waals surface area contributed by atoms with Crippen LogP contribution in [0.15, 0.2) is 18.2 Å². The minimum Gasteiger partial charge on any atom is -0.465 e. The maximum absolute atomic E-state index is 12.0. The molecule has 8 heteroatoms. The second-order valence-electron chi connectivity index (χ2n) is 4.48. The Morgan fingerprint density at radius 2 is 2.14 bits per heavy atom. The van der Waals surface area contributed by atoms with Gasteiger partial charge < -0.3 is 15.4 Å². The summed E-state index contributed by atoms with van der Waals surface area (Å²) >= 11 is 17.1. The van der Waals surface area contributed by atoms with Gasteiger partial charge in [-0.2, -0.15) is 0 Å². The highest BCUT2D eigenvalue weighted by molar-refractivity contribution is 6.68. The molecule has 1 aromatic carbocycles. The Morgan fingerprint density at radius 3 is 2.76 bits per heavy atom. The summed E-state index contributed by atoms with van der Waals surface area (Å²) in [7, 11) is 0. The Labute approximate surface area is 136 Å². The molecule has 2 amide bonds. The van der Waals surface area contributed by atoms with Crippen LogP contribution in [0.4, 0.5) is 0 Å². The zero-order valence-corrected chi connectivity index (χ0v) is 13.4. The maximum Gasteiger partial charge on any atom is 0.257 e. The van der Waals surface area contributed by atoms with Crippen molar-refractivity contribution in [3.05, 3.63) is 29.3 Å². The predicted molar refractivity (Wildman–Crippen MR) is 81.2 cm³/mol. The molecule has 1 heterocycles. The van der Waals surface area contributed by atoms with Gasteiger partial charge in [0.2, 0.25) is 10.0 Å². The van der Waals surface area contributed by atoms with Gasteiger partial charge in [0.05, 0.1) is 5.56 Å². The van der Waals surface area contributed by atoms with Gasteiger partial charge >= 0.3 is 0 Å². The van der Waals surface area contributed by atoms with Crippen molar-refractivity contribution in [3.8, 4) is 5.75 Å². The highest BCUT2D eigenvalue weighted by Crippen LogP contribution is 2.35. The second kappa shape index (κ2) is 6.30. The number of amides is 2. The number of hydrogen-bond acceptors (Lipinski definition) is 3. The number of ether oxygens (including phenoxy) is 1. The Balaban J connectivity index is 2.24. The number of alkyl halides is 3. The smallest absolute Gasteiger partial charge is 0.257 e. The maximum atomic E-state index is 12.0. The summed E-state index contributed by atoms with van der Waals surface area (Å²) in [5.41, 5.74) is 0.595. The van der Waals surface area contributed by atoms with E-state index in [1.54, 1.807) is 6.07 Å². The van der Waals surface area contributed by atoms with E-state index in [0.29, 0.717) is 12.1 Å². The van der Waals surface area contributed by atoms with Crippen molar-refractivity contribution >= 4 is 46.6 Å². The quantitative estimate of drug-likeness (QED) is 0.823. The van der Waals surface area contributed by atoms with Crippen LogP contribution in [0, 0.1) is 0 Å². The normalized spacial score (nSPS) is 17.5. The monoisotopic (exact) mass is 350 g/mol. The number of carbonyl (C=O) groups is 2. The largest absolute Gasteiger partial charge is 0.465 e. The van der Waals surface area contributed by atoms with E-state index in [4.69, 9.17) is 39.5 Å². The molecule has 1 aromatic rings. The van der Waals surface area contributed by atoms with Gasteiger partial charge in [-0.3, -0.25) is 9.59 Å². The van der Waals surface area contributed by atoms with Crippen LogP contribution in [0.5, 0.6) is 5.75 Å². The van der Waals surface area contributed by atoms with Crippen molar-refractivity contribution < 1.29 is 14.3 Å². The summed E-state index contributed by atoms with van der Waals surface area (Å²) in [6.45, 7) is 2.51. The number of nitrogens with one attached hydrogen (secondary N) is 2. The lowest BCUT2D eigenvalue weighted by molar-refractivity contribution is 0.0763. The van der Waals surface area contributed by atoms with E-state index in [9.17, 15) is 9.59 Å². The second-order valence-corrected chi connectivity index (χ2v) is 6.85. The van der Waals surface area contributed by atoms with Gasteiger partial charge in [0, 0.05) is 12.1 Å². The molecule has 21 heavy (non-hydrogen) atoms. The molecule has 1 aliphatic rings. The van der Waals surface area contributed by atoms with E-state index in [2.05, 4.69) is 10.6 Å². The van der Waals surface area contributed by atoms with Gasteiger partial charge in [0.15, 0.2) is 0 Å². The lowest BCUT2D eigenvalue weighted by Crippen LogP contribution is -2.50. The first-order chi connectivity index (χ1) is 9.82. The summed E-state index contributed by atoms with van der Waals surface area (Å²) in [6, 6.07) is 4.51. The molecule has 0 spiro atoms. The number of rotatable bonds is 3. The van der Waals surface area contributed by atoms with Crippen LogP contribution in [0.25, 0.3) is 0 Å². The van der Waals surface area contributed by atoms with Crippen LogP contribution in [-0.4, -0.2) is 28.4 Å². The van der Waals surface area contributed by atoms with Crippen LogP contribution in [0.3, 0.4) is 0 Å². The van der Waals surface area contributed by atoms with Gasteiger partial charge in [-0.15, -0.1) is 0 Å². The van der Waals surface area contributed by atoms with Crippen LogP contribution < -0.4 is 15.4 Å². The first-order valence-corrected chi connectivity index (χ1v) is 7.42. The molecular weight excluding hydrogens is 339 g/mol. The molecule has 114 valence electrons. The van der Waals surface area contributed by atoms with E-state index >= 15 is 0 Å². The number of halogens is 3. The zero-order chi connectivity index (χ0) is 15.6. The molecule has 0 fully saturated rings. The fraction of sp³-hybridized carbons (Fsp3) is 0.385. The summed E-state index contributed by atoms with van der Waals surface area (Å²) < 4.78 is 3.64. The molecule has 2 N–H and O–H groups in total. The van der Waals surface area contributed by atoms with E-state index in [1.165, 1.54) is 12.1 Å². The molecular formula is C13H13Cl3N2O3. The van der Waals surface area contributed by atoms with Crippen molar-refractivity contribution in [3.63, 3.8) is 0 Å². The van der Waals surface area contributed by atoms with E-state index < -0.39 is 15.9 Å². The van der Waals surface area contributed by atoms with Crippen LogP contribution >= 0.6 is 34.8 Å². The molecule has 0 bridgehead atoms. The third-order valence-corrected chi connectivity index (χ3v) is 3.42. The molecule has 0 saturated heterocycles. The Kier molecular flexibility index (Phi) is 4.86. The standard InChI is InChI=1S/C13H13Cl3N2O3/c1-2-5-17-10(19)7-3-4-9-8(6-7)11(20)18-12(21-9)13(14,15)16/h3-4,6,12H,2,5H2,1H3,(H,17,19)(H,18,20). The molecule has 0 saturated carbocycles. The summed E-state index contributed by atoms with van der Waals surface area (Å²) in [5, 5.41) is 5.16. The zero-order valence-electron chi connectivity index (χ0n) is 11.1. The van der Waals surface area contributed by atoms with Crippen LogP contribution in [0.1, 0.15) is 34.1 Å². The third-order valence-electron chi connectivity index (χ3n) is 2.83. The van der Waals surface area contributed by atoms with Gasteiger partial charge in [-0.25, -0.2) is 0 Å². The van der Waals surface area contributed by atoms with Crippen molar-refractivity contribution in [1.29, 1.82) is 0 Å². The van der Waals surface area contributed by atoms with Crippen LogP contribution in [0.2, 0.25) is 0 Å². The SMILES string of the molecule is CCCNC(=O)c1ccc2c(c1)C(=O)NC(C(Cl)(Cl)Cl)O2. The molecule has 1 aliphatic heterocycles. The van der Waals surface area contributed by atoms with E-state index in [0.717, 1.165) is 6.42 Å². The van der Waals surface area contributed by atoms with Crippen molar-refractivity contribution in [1.82, 2.24) is 10.6 Å². The first kappa shape index (κ1) is 16.2. The van der Waals surface area contributed by atoms with Crippen LogP contribution in [-0.2, 0) is 0 Å². The lowest BCUT2D eigenvalue weighted by atomic mass is 10.1. The summed E-state index contributed by atoms with van der Waals surface area (Å²) in [4.78, 5) is 23.9. The van der Waals surface area contributed by atoms with Gasteiger partial charge in [-0.1, -0.05) is 41.7 Å². The van der Waals surface area contributed by atoms with E-state index in [-0.39, 0.29) is 17.2 Å². The van der Waals surface area contributed by atoms with Crippen molar-refractivity contribution in [2.75, 3.05) is 6.54 Å². The average Bonchev–Trinajstić information content (AvgIpc) is 2.43. The molecule has 5 nitrogen and oxygen atoms in total. The topological polar surface area (TPSA) is 67.4 Å². The molecule has 2 rings (SSSR count). The fourth-order valence-electron chi connectivity index (χ4n) is 1.79. The van der Waals surface area contributed by atoms with Gasteiger partial charge in [0.1, 0.15) is 5.75 Å². The Morgan fingerprint density at radius 1 is 1.43 bits per heavy atom. The fourth-order valence-corrected chi connectivity index (χ4v) is 2.09. The summed E-state index contributed by atoms with van der Waals surface area (Å²) in [5.74, 6) is -0.448. The number of fused-ring (bicyclic) bond motifs is 1. The molecule has 0 aliphatic carbocycles. The minimum absolute atomic E-state index is 0.227. The molecule has 0 aromatic heterocycles. The molecule has 0 radical (unpaired) electrons. The number of hydrogen-bond donors (Lipinski definition) is 2. The van der Waals surface area contributed by atoms with Crippen molar-refractivity contribution in [2.45, 2.75) is 23.4 Å². The lowest BCUT2D eigenvalue weighted by Gasteiger charge is -2.31. The highest BCUT2D eigenvalue weighted by atomic mass is 35.6. The molecule has 1 unspecified atom stereocenters. The van der Waals surface area contributed by atoms with Crippen molar-refractivity contribution in [2.24, 2.45) is 0 Å². The average molecular weight is 352 g/mol. The van der Waals surface area contributed by atoms with Gasteiger partial charge in [0.25, 0.3) is 11.8 Å². The number of benzene rings is 1. The Hall–Kier alpha value is -1.17. The van der Waals surface area contributed by atoms with E-state index in [1.807, 2.05) is 6.92 Å². The third kappa shape index (κ3) is 3.73. The minimum atomic E-state index is -1.79. The number of carbonyl (C=O) groups excluding carboxylic acids is 2. The van der Waals surface area contributed by atoms with Gasteiger partial charge in [-0.05, 0) is 24.6 Å².